The van der Waals surface area contributed by atoms with Gasteiger partial charge in [0.25, 0.3) is 0 Å². The Morgan fingerprint density at radius 2 is 1.50 bits per heavy atom. The summed E-state index contributed by atoms with van der Waals surface area (Å²) in [6, 6.07) is 11.7. The molecule has 2 aromatic rings. The van der Waals surface area contributed by atoms with Gasteiger partial charge in [-0.1, -0.05) is 27.8 Å². The number of aldehydes is 2. The lowest BCUT2D eigenvalue weighted by molar-refractivity contribution is 0.111. The Balaban J connectivity index is 0. The monoisotopic (exact) mass is 469 g/mol. The molecule has 0 atom stereocenters. The number of carbonyl (C=O) groups is 2. The normalized spacial score (nSPS) is 7.90. The first kappa shape index (κ1) is 28.7. The minimum Gasteiger partial charge on any atom is -0.508 e. The van der Waals surface area contributed by atoms with Gasteiger partial charge in [0.15, 0.2) is 0 Å². The van der Waals surface area contributed by atoms with E-state index in [1.807, 2.05) is 6.92 Å². The van der Waals surface area contributed by atoms with Crippen molar-refractivity contribution in [1.82, 2.24) is 0 Å². The Morgan fingerprint density at radius 3 is 1.87 bits per heavy atom. The molecule has 0 aliphatic heterocycles. The molecule has 0 unspecified atom stereocenters. The first-order valence-electron chi connectivity index (χ1n) is 8.52. The highest BCUT2D eigenvalue weighted by molar-refractivity contribution is 9.09. The zero-order chi connectivity index (χ0) is 23.4. The van der Waals surface area contributed by atoms with Crippen LogP contribution in [0.25, 0.3) is 0 Å². The van der Waals surface area contributed by atoms with Gasteiger partial charge in [0.05, 0.1) is 11.4 Å². The number of carbonyl (C=O) groups excluding carboxylic acids is 2. The lowest BCUT2D eigenvalue weighted by atomic mass is 10.1. The van der Waals surface area contributed by atoms with Crippen LogP contribution in [0.4, 0.5) is 0 Å². The summed E-state index contributed by atoms with van der Waals surface area (Å²) in [5.41, 5.74) is 2.88. The second-order valence-corrected chi connectivity index (χ2v) is 5.92. The van der Waals surface area contributed by atoms with Gasteiger partial charge in [-0.15, -0.1) is 12.8 Å². The number of terminal acetylenes is 2. The van der Waals surface area contributed by atoms with Crippen LogP contribution in [0.1, 0.15) is 38.8 Å². The van der Waals surface area contributed by atoms with E-state index in [2.05, 4.69) is 27.8 Å². The molecule has 5 nitrogen and oxygen atoms in total. The van der Waals surface area contributed by atoms with Crippen molar-refractivity contribution < 1.29 is 19.4 Å². The van der Waals surface area contributed by atoms with Crippen LogP contribution in [0.2, 0.25) is 0 Å². The van der Waals surface area contributed by atoms with Crippen molar-refractivity contribution in [3.8, 4) is 42.3 Å². The zero-order valence-corrected chi connectivity index (χ0v) is 18.8. The van der Waals surface area contributed by atoms with Gasteiger partial charge in [-0.05, 0) is 61.4 Å². The fourth-order valence-corrected chi connectivity index (χ4v) is 1.78. The molecular formula is C24H24BrNO4. The topological polar surface area (TPSA) is 87.4 Å². The third kappa shape index (κ3) is 13.6. The summed E-state index contributed by atoms with van der Waals surface area (Å²) in [6.07, 6.45) is 11.3. The Hall–Kier alpha value is -3.53. The van der Waals surface area contributed by atoms with E-state index in [9.17, 15) is 9.59 Å². The van der Waals surface area contributed by atoms with E-state index in [0.29, 0.717) is 16.5 Å². The van der Waals surface area contributed by atoms with Crippen molar-refractivity contribution >= 4 is 28.5 Å². The number of phenols is 1. The van der Waals surface area contributed by atoms with Crippen LogP contribution in [0.3, 0.4) is 0 Å². The van der Waals surface area contributed by atoms with E-state index in [1.54, 1.807) is 43.3 Å². The van der Waals surface area contributed by atoms with Gasteiger partial charge in [-0.3, -0.25) is 9.59 Å². The highest BCUT2D eigenvalue weighted by atomic mass is 79.9. The van der Waals surface area contributed by atoms with Gasteiger partial charge < -0.3 is 9.84 Å². The van der Waals surface area contributed by atoms with E-state index >= 15 is 0 Å². The van der Waals surface area contributed by atoms with E-state index < -0.39 is 0 Å². The van der Waals surface area contributed by atoms with E-state index in [0.717, 1.165) is 29.4 Å². The molecule has 0 aromatic heterocycles. The number of halogens is 1. The number of phenolic OH excluding ortho intramolecular Hbond substituents is 1. The fraction of sp³-hybridized carbons (Fsp3) is 0.208. The summed E-state index contributed by atoms with van der Waals surface area (Å²) < 4.78 is 5.23. The van der Waals surface area contributed by atoms with Crippen molar-refractivity contribution in [1.29, 1.82) is 5.26 Å². The summed E-state index contributed by atoms with van der Waals surface area (Å²) in [5, 5.41) is 17.0. The summed E-state index contributed by atoms with van der Waals surface area (Å²) >= 11 is 3.01. The highest BCUT2D eigenvalue weighted by Gasteiger charge is 1.99. The maximum Gasteiger partial charge on any atom is 0.150 e. The molecule has 0 radical (unpaired) electrons. The highest BCUT2D eigenvalue weighted by Crippen LogP contribution is 2.18. The lowest BCUT2D eigenvalue weighted by Crippen LogP contribution is -1.96. The maximum atomic E-state index is 10.4. The van der Waals surface area contributed by atoms with Crippen LogP contribution in [0.15, 0.2) is 36.4 Å². The molecule has 0 saturated heterocycles. The number of rotatable bonds is 4. The minimum absolute atomic E-state index is 0.227. The molecule has 6 heteroatoms. The largest absolute Gasteiger partial charge is 0.508 e. The molecule has 30 heavy (non-hydrogen) atoms. The standard InChI is InChI=1S/C11H10O2.C8H8O2.C3H3Br.C2H3N/c1-3-6-13-11-5-4-10(8-12)7-9(11)2;1-6-4-7(5-9)2-3-8(6)10;1-2-3-4;1-2-3/h1,4-5,7-8H,6H2,2H3;2-5,10H,1H3;1H,3H2;1H3. The molecule has 1 N–H and O–H groups in total. The zero-order valence-electron chi connectivity index (χ0n) is 17.2. The molecule has 0 bridgehead atoms. The maximum absolute atomic E-state index is 10.4. The van der Waals surface area contributed by atoms with E-state index in [-0.39, 0.29) is 12.4 Å². The number of hydrogen-bond acceptors (Lipinski definition) is 5. The molecule has 2 rings (SSSR count). The van der Waals surface area contributed by atoms with Crippen molar-refractivity contribution in [2.45, 2.75) is 20.8 Å². The SMILES string of the molecule is C#CCBr.C#CCOc1ccc(C=O)cc1C.CC#N.Cc1cc(C=O)ccc1O. The van der Waals surface area contributed by atoms with Crippen LogP contribution in [0, 0.1) is 49.9 Å². The number of aryl methyl sites for hydroxylation is 2. The molecule has 2 aromatic carbocycles. The predicted molar refractivity (Wildman–Crippen MR) is 123 cm³/mol. The van der Waals surface area contributed by atoms with Crippen molar-refractivity contribution in [3.05, 3.63) is 58.7 Å². The molecule has 0 fully saturated rings. The second-order valence-electron chi connectivity index (χ2n) is 5.36. The average molecular weight is 470 g/mol. The molecule has 0 aliphatic rings. The summed E-state index contributed by atoms with van der Waals surface area (Å²) in [4.78, 5) is 20.6. The average Bonchev–Trinajstić information content (AvgIpc) is 2.76. The molecular weight excluding hydrogens is 446 g/mol. The molecule has 0 spiro atoms. The number of nitrogens with zero attached hydrogens (tertiary/aromatic N) is 1. The Labute approximate surface area is 186 Å². The number of alkyl halides is 1. The molecule has 0 aliphatic carbocycles. The van der Waals surface area contributed by atoms with Crippen LogP contribution >= 0.6 is 15.9 Å². The van der Waals surface area contributed by atoms with Gasteiger partial charge in [0.1, 0.15) is 30.7 Å². The van der Waals surface area contributed by atoms with E-state index in [1.165, 1.54) is 13.0 Å². The van der Waals surface area contributed by atoms with Crippen LogP contribution in [-0.2, 0) is 0 Å². The van der Waals surface area contributed by atoms with Gasteiger partial charge in [-0.2, -0.15) is 5.26 Å². The van der Waals surface area contributed by atoms with Crippen molar-refractivity contribution in [2.24, 2.45) is 0 Å². The third-order valence-electron chi connectivity index (χ3n) is 3.08. The Bertz CT molecular complexity index is 918. The Morgan fingerprint density at radius 1 is 1.03 bits per heavy atom. The van der Waals surface area contributed by atoms with Gasteiger partial charge >= 0.3 is 0 Å². The molecule has 0 amide bonds. The predicted octanol–water partition coefficient (Wildman–Crippen LogP) is 4.88. The van der Waals surface area contributed by atoms with Crippen molar-refractivity contribution in [3.63, 3.8) is 0 Å². The summed E-state index contributed by atoms with van der Waals surface area (Å²) in [6.45, 7) is 5.31. The number of hydrogen-bond donors (Lipinski definition) is 1. The number of benzene rings is 2. The van der Waals surface area contributed by atoms with Crippen LogP contribution in [0.5, 0.6) is 11.5 Å². The first-order chi connectivity index (χ1) is 14.3. The first-order valence-corrected chi connectivity index (χ1v) is 9.64. The van der Waals surface area contributed by atoms with E-state index in [4.69, 9.17) is 28.0 Å². The molecule has 156 valence electrons. The summed E-state index contributed by atoms with van der Waals surface area (Å²) in [5.74, 6) is 5.68. The van der Waals surface area contributed by atoms with Gasteiger partial charge in [0, 0.05) is 18.1 Å². The number of aromatic hydroxyl groups is 1. The number of nitriles is 1. The second kappa shape index (κ2) is 18.8. The molecule has 0 heterocycles. The summed E-state index contributed by atoms with van der Waals surface area (Å²) in [7, 11) is 0. The third-order valence-corrected chi connectivity index (χ3v) is 3.40. The quantitative estimate of drug-likeness (QED) is 0.391. The minimum atomic E-state index is 0.227. The van der Waals surface area contributed by atoms with Crippen molar-refractivity contribution in [2.75, 3.05) is 11.9 Å². The number of ether oxygens (including phenoxy) is 1. The van der Waals surface area contributed by atoms with Crippen LogP contribution in [-0.4, -0.2) is 29.6 Å². The van der Waals surface area contributed by atoms with Crippen LogP contribution < -0.4 is 4.74 Å². The Kier molecular flexibility index (Phi) is 18.0. The van der Waals surface area contributed by atoms with Gasteiger partial charge in [0.2, 0.25) is 0 Å². The fourth-order valence-electron chi connectivity index (χ4n) is 1.78. The van der Waals surface area contributed by atoms with Gasteiger partial charge in [-0.25, -0.2) is 0 Å². The molecule has 0 saturated carbocycles. The lowest BCUT2D eigenvalue weighted by Gasteiger charge is -2.05. The smallest absolute Gasteiger partial charge is 0.150 e.